The van der Waals surface area contributed by atoms with Gasteiger partial charge in [-0.05, 0) is 51.3 Å². The molecule has 0 amide bonds. The van der Waals surface area contributed by atoms with Gasteiger partial charge in [0.05, 0.1) is 20.6 Å². The zero-order valence-electron chi connectivity index (χ0n) is 18.2. The first-order valence-electron chi connectivity index (χ1n) is 10.3. The highest BCUT2D eigenvalue weighted by Crippen LogP contribution is 2.38. The number of carbonyl (C=O) groups excluding carboxylic acids is 1. The minimum Gasteiger partial charge on any atom is -0.298 e. The lowest BCUT2D eigenvalue weighted by Gasteiger charge is -2.23. The number of carbonyl (C=O) groups is 1. The summed E-state index contributed by atoms with van der Waals surface area (Å²) >= 11 is 0. The van der Waals surface area contributed by atoms with Crippen LogP contribution in [-0.4, -0.2) is 10.5 Å². The molecule has 0 heterocycles. The van der Waals surface area contributed by atoms with Crippen molar-refractivity contribution in [1.29, 1.82) is 0 Å². The van der Waals surface area contributed by atoms with Crippen molar-refractivity contribution in [3.05, 3.63) is 70.8 Å². The second-order valence-corrected chi connectivity index (χ2v) is 9.94. The van der Waals surface area contributed by atoms with E-state index in [2.05, 4.69) is 53.7 Å². The molecule has 3 rings (SSSR count). The van der Waals surface area contributed by atoms with Crippen molar-refractivity contribution in [3.8, 4) is 0 Å². The standard InChI is InChI=1S/C26H30O2S/c1-16(2)21-13-23(17(3)4)26(24(14-21)18(5)6)29(28)25-20(15-27)12-11-19-9-7-8-10-22(19)25/h7-18H,1-6H3/t29-/m0/s1. The van der Waals surface area contributed by atoms with Crippen LogP contribution >= 0.6 is 0 Å². The number of aldehydes is 1. The van der Waals surface area contributed by atoms with Gasteiger partial charge in [0, 0.05) is 5.56 Å². The van der Waals surface area contributed by atoms with E-state index in [-0.39, 0.29) is 11.8 Å². The van der Waals surface area contributed by atoms with Crippen molar-refractivity contribution in [2.45, 2.75) is 69.1 Å². The van der Waals surface area contributed by atoms with Crippen LogP contribution in [0.4, 0.5) is 0 Å². The van der Waals surface area contributed by atoms with Crippen LogP contribution < -0.4 is 0 Å². The average molecular weight is 407 g/mol. The molecule has 0 aliphatic heterocycles. The van der Waals surface area contributed by atoms with E-state index >= 15 is 0 Å². The largest absolute Gasteiger partial charge is 0.298 e. The van der Waals surface area contributed by atoms with Crippen molar-refractivity contribution < 1.29 is 9.00 Å². The minimum atomic E-state index is -1.45. The highest BCUT2D eigenvalue weighted by atomic mass is 32.2. The summed E-state index contributed by atoms with van der Waals surface area (Å²) < 4.78 is 14.1. The van der Waals surface area contributed by atoms with Crippen molar-refractivity contribution in [2.75, 3.05) is 0 Å². The highest BCUT2D eigenvalue weighted by molar-refractivity contribution is 7.85. The molecule has 0 unspecified atom stereocenters. The van der Waals surface area contributed by atoms with Gasteiger partial charge in [-0.25, -0.2) is 4.21 Å². The Morgan fingerprint density at radius 3 is 1.86 bits per heavy atom. The monoisotopic (exact) mass is 406 g/mol. The zero-order valence-corrected chi connectivity index (χ0v) is 19.0. The second kappa shape index (κ2) is 8.62. The van der Waals surface area contributed by atoms with Gasteiger partial charge < -0.3 is 0 Å². The molecule has 0 N–H and O–H groups in total. The molecule has 152 valence electrons. The third-order valence-corrected chi connectivity index (χ3v) is 7.16. The van der Waals surface area contributed by atoms with E-state index in [1.54, 1.807) is 6.07 Å². The van der Waals surface area contributed by atoms with Gasteiger partial charge in [0.25, 0.3) is 0 Å². The van der Waals surface area contributed by atoms with E-state index in [0.29, 0.717) is 16.4 Å². The van der Waals surface area contributed by atoms with E-state index in [1.165, 1.54) is 5.56 Å². The van der Waals surface area contributed by atoms with Crippen LogP contribution in [0.3, 0.4) is 0 Å². The lowest BCUT2D eigenvalue weighted by molar-refractivity contribution is 0.112. The summed E-state index contributed by atoms with van der Waals surface area (Å²) in [5.41, 5.74) is 4.00. The number of fused-ring (bicyclic) bond motifs is 1. The van der Waals surface area contributed by atoms with Crippen molar-refractivity contribution >= 4 is 27.9 Å². The Bertz CT molecular complexity index is 1050. The summed E-state index contributed by atoms with van der Waals surface area (Å²) in [6.07, 6.45) is 0.826. The molecule has 0 bridgehead atoms. The molecule has 3 aromatic carbocycles. The van der Waals surface area contributed by atoms with Gasteiger partial charge in [-0.2, -0.15) is 0 Å². The molecule has 1 atom stereocenters. The number of rotatable bonds is 6. The lowest BCUT2D eigenvalue weighted by Crippen LogP contribution is -2.10. The maximum Gasteiger partial charge on any atom is 0.151 e. The van der Waals surface area contributed by atoms with Crippen LogP contribution in [0.2, 0.25) is 0 Å². The first kappa shape index (κ1) is 21.4. The molecule has 0 saturated heterocycles. The van der Waals surface area contributed by atoms with Crippen LogP contribution in [0, 0.1) is 0 Å². The summed E-state index contributed by atoms with van der Waals surface area (Å²) in [5, 5.41) is 1.88. The lowest BCUT2D eigenvalue weighted by atomic mass is 9.89. The summed E-state index contributed by atoms with van der Waals surface area (Å²) in [7, 11) is -1.45. The Kier molecular flexibility index (Phi) is 6.38. The normalized spacial score (nSPS) is 12.9. The third kappa shape index (κ3) is 4.06. The Labute approximate surface area is 176 Å². The first-order valence-corrected chi connectivity index (χ1v) is 11.5. The predicted octanol–water partition coefficient (Wildman–Crippen LogP) is 7.19. The minimum absolute atomic E-state index is 0.236. The SMILES string of the molecule is CC(C)c1cc(C(C)C)c([S@@](=O)c2c(C=O)ccc3ccccc23)c(C(C)C)c1. The Morgan fingerprint density at radius 1 is 0.759 bits per heavy atom. The van der Waals surface area contributed by atoms with Crippen LogP contribution in [-0.2, 0) is 10.8 Å². The average Bonchev–Trinajstić information content (AvgIpc) is 2.71. The molecule has 0 radical (unpaired) electrons. The Hall–Kier alpha value is -2.26. The van der Waals surface area contributed by atoms with Crippen LogP contribution in [0.25, 0.3) is 10.8 Å². The number of hydrogen-bond acceptors (Lipinski definition) is 2. The predicted molar refractivity (Wildman–Crippen MR) is 123 cm³/mol. The van der Waals surface area contributed by atoms with E-state index in [0.717, 1.165) is 33.1 Å². The Morgan fingerprint density at radius 2 is 1.34 bits per heavy atom. The molecular weight excluding hydrogens is 376 g/mol. The van der Waals surface area contributed by atoms with Gasteiger partial charge in [0.15, 0.2) is 6.29 Å². The van der Waals surface area contributed by atoms with E-state index < -0.39 is 10.8 Å². The van der Waals surface area contributed by atoms with Crippen LogP contribution in [0.1, 0.15) is 86.3 Å². The van der Waals surface area contributed by atoms with Gasteiger partial charge >= 0.3 is 0 Å². The molecule has 0 fully saturated rings. The third-order valence-electron chi connectivity index (χ3n) is 5.49. The quantitative estimate of drug-likeness (QED) is 0.406. The van der Waals surface area contributed by atoms with E-state index in [9.17, 15) is 9.00 Å². The van der Waals surface area contributed by atoms with Gasteiger partial charge in [0.1, 0.15) is 0 Å². The maximum absolute atomic E-state index is 14.1. The fraction of sp³-hybridized carbons (Fsp3) is 0.346. The fourth-order valence-electron chi connectivity index (χ4n) is 3.77. The van der Waals surface area contributed by atoms with Crippen molar-refractivity contribution in [1.82, 2.24) is 0 Å². The number of benzene rings is 3. The molecule has 2 nitrogen and oxygen atoms in total. The Balaban J connectivity index is 2.38. The molecule has 29 heavy (non-hydrogen) atoms. The fourth-order valence-corrected chi connectivity index (χ4v) is 5.70. The molecule has 0 saturated carbocycles. The van der Waals surface area contributed by atoms with Crippen LogP contribution in [0.15, 0.2) is 58.3 Å². The van der Waals surface area contributed by atoms with Gasteiger partial charge in [-0.3, -0.25) is 4.79 Å². The second-order valence-electron chi connectivity index (χ2n) is 8.58. The molecule has 0 aliphatic carbocycles. The number of hydrogen-bond donors (Lipinski definition) is 0. The van der Waals surface area contributed by atoms with Gasteiger partial charge in [0.2, 0.25) is 0 Å². The van der Waals surface area contributed by atoms with Gasteiger partial charge in [-0.1, -0.05) is 84.0 Å². The molecule has 0 spiro atoms. The van der Waals surface area contributed by atoms with Gasteiger partial charge in [-0.15, -0.1) is 0 Å². The summed E-state index contributed by atoms with van der Waals surface area (Å²) in [6.45, 7) is 13.0. The summed E-state index contributed by atoms with van der Waals surface area (Å²) in [4.78, 5) is 13.4. The van der Waals surface area contributed by atoms with Crippen LogP contribution in [0.5, 0.6) is 0 Å². The summed E-state index contributed by atoms with van der Waals surface area (Å²) in [5.74, 6) is 0.871. The molecule has 0 aliphatic rings. The van der Waals surface area contributed by atoms with E-state index in [1.807, 2.05) is 30.3 Å². The topological polar surface area (TPSA) is 34.1 Å². The van der Waals surface area contributed by atoms with Crippen molar-refractivity contribution in [2.24, 2.45) is 0 Å². The summed E-state index contributed by atoms with van der Waals surface area (Å²) in [6, 6.07) is 16.0. The molecule has 3 heteroatoms. The molecule has 0 aromatic heterocycles. The zero-order chi connectivity index (χ0) is 21.3. The smallest absolute Gasteiger partial charge is 0.151 e. The maximum atomic E-state index is 14.1. The van der Waals surface area contributed by atoms with Crippen molar-refractivity contribution in [3.63, 3.8) is 0 Å². The molecular formula is C26H30O2S. The highest BCUT2D eigenvalue weighted by Gasteiger charge is 2.25. The first-order chi connectivity index (χ1) is 13.8. The van der Waals surface area contributed by atoms with E-state index in [4.69, 9.17) is 0 Å². The molecule has 3 aromatic rings.